The second-order valence-electron chi connectivity index (χ2n) is 3.86. The van der Waals surface area contributed by atoms with Crippen molar-refractivity contribution in [3.63, 3.8) is 0 Å². The first-order valence-corrected chi connectivity index (χ1v) is 6.91. The lowest BCUT2D eigenvalue weighted by atomic mass is 10.2. The second kappa shape index (κ2) is 5.63. The van der Waals surface area contributed by atoms with E-state index in [9.17, 15) is 9.90 Å². The molecule has 0 saturated heterocycles. The number of nitrogen functional groups attached to an aromatic ring is 1. The minimum Gasteiger partial charge on any atom is -0.505 e. The molecule has 98 valence electrons. The van der Waals surface area contributed by atoms with Crippen molar-refractivity contribution in [1.29, 1.82) is 0 Å². The third kappa shape index (κ3) is 3.27. The first kappa shape index (κ1) is 13.9. The van der Waals surface area contributed by atoms with Crippen molar-refractivity contribution in [3.8, 4) is 5.75 Å². The van der Waals surface area contributed by atoms with Gasteiger partial charge < -0.3 is 16.2 Å². The summed E-state index contributed by atoms with van der Waals surface area (Å²) in [7, 11) is 0. The quantitative estimate of drug-likeness (QED) is 0.544. The Bertz CT molecular complexity index is 624. The summed E-state index contributed by atoms with van der Waals surface area (Å²) < 4.78 is 1.23. The van der Waals surface area contributed by atoms with E-state index >= 15 is 0 Å². The Morgan fingerprint density at radius 2 is 1.95 bits per heavy atom. The standard InChI is InChI=1S/C13H10Br2N2O2/c14-8-4-7(5-9(16)6-8)13(19)17-11-3-1-2-10(15)12(11)18/h1-6,18H,16H2,(H,17,19). The molecule has 1 amide bonds. The van der Waals surface area contributed by atoms with Crippen molar-refractivity contribution in [1.82, 2.24) is 0 Å². The van der Waals surface area contributed by atoms with Crippen molar-refractivity contribution in [2.45, 2.75) is 0 Å². The molecule has 0 aliphatic carbocycles. The lowest BCUT2D eigenvalue weighted by Crippen LogP contribution is -2.12. The van der Waals surface area contributed by atoms with Crippen LogP contribution in [0.4, 0.5) is 11.4 Å². The number of hydrogen-bond acceptors (Lipinski definition) is 3. The lowest BCUT2D eigenvalue weighted by molar-refractivity contribution is 0.102. The molecule has 2 aromatic carbocycles. The van der Waals surface area contributed by atoms with Gasteiger partial charge in [-0.3, -0.25) is 4.79 Å². The minimum atomic E-state index is -0.346. The topological polar surface area (TPSA) is 75.4 Å². The number of anilines is 2. The number of phenols is 1. The van der Waals surface area contributed by atoms with E-state index in [1.807, 2.05) is 0 Å². The first-order chi connectivity index (χ1) is 8.97. The molecule has 0 heterocycles. The second-order valence-corrected chi connectivity index (χ2v) is 5.63. The summed E-state index contributed by atoms with van der Waals surface area (Å²) in [4.78, 5) is 12.1. The molecule has 0 atom stereocenters. The van der Waals surface area contributed by atoms with Crippen LogP contribution in [0.15, 0.2) is 45.3 Å². The molecular weight excluding hydrogens is 376 g/mol. The fraction of sp³-hybridized carbons (Fsp3) is 0. The van der Waals surface area contributed by atoms with Gasteiger partial charge in [0.15, 0.2) is 5.75 Å². The number of rotatable bonds is 2. The number of amides is 1. The summed E-state index contributed by atoms with van der Waals surface area (Å²) in [6.07, 6.45) is 0. The fourth-order valence-corrected chi connectivity index (χ4v) is 2.43. The van der Waals surface area contributed by atoms with Crippen LogP contribution in [0.2, 0.25) is 0 Å². The van der Waals surface area contributed by atoms with Crippen LogP contribution in [-0.2, 0) is 0 Å². The third-order valence-electron chi connectivity index (χ3n) is 2.42. The number of hydrogen-bond donors (Lipinski definition) is 3. The number of nitrogens with two attached hydrogens (primary N) is 1. The van der Waals surface area contributed by atoms with Crippen molar-refractivity contribution < 1.29 is 9.90 Å². The normalized spacial score (nSPS) is 10.2. The van der Waals surface area contributed by atoms with E-state index in [4.69, 9.17) is 5.73 Å². The molecule has 19 heavy (non-hydrogen) atoms. The molecule has 0 unspecified atom stereocenters. The summed E-state index contributed by atoms with van der Waals surface area (Å²) in [5, 5.41) is 12.4. The molecule has 0 aromatic heterocycles. The molecule has 0 fully saturated rings. The van der Waals surface area contributed by atoms with Gasteiger partial charge >= 0.3 is 0 Å². The number of phenolic OH excluding ortho intramolecular Hbond substituents is 1. The highest BCUT2D eigenvalue weighted by Gasteiger charge is 2.11. The van der Waals surface area contributed by atoms with Crippen LogP contribution in [-0.4, -0.2) is 11.0 Å². The number of benzene rings is 2. The SMILES string of the molecule is Nc1cc(Br)cc(C(=O)Nc2cccc(Br)c2O)c1. The maximum atomic E-state index is 12.1. The summed E-state index contributed by atoms with van der Waals surface area (Å²) in [6.45, 7) is 0. The summed E-state index contributed by atoms with van der Waals surface area (Å²) in [6, 6.07) is 9.93. The number of nitrogens with one attached hydrogen (secondary N) is 1. The summed E-state index contributed by atoms with van der Waals surface area (Å²) in [5.41, 5.74) is 6.90. The molecule has 0 aliphatic heterocycles. The molecule has 2 aromatic rings. The molecule has 0 bridgehead atoms. The van der Waals surface area contributed by atoms with E-state index in [1.165, 1.54) is 0 Å². The molecule has 2 rings (SSSR count). The summed E-state index contributed by atoms with van der Waals surface area (Å²) >= 11 is 6.46. The monoisotopic (exact) mass is 384 g/mol. The Morgan fingerprint density at radius 1 is 1.21 bits per heavy atom. The average Bonchev–Trinajstić information content (AvgIpc) is 2.33. The predicted octanol–water partition coefficient (Wildman–Crippen LogP) is 3.75. The molecule has 0 spiro atoms. The predicted molar refractivity (Wildman–Crippen MR) is 82.3 cm³/mol. The molecule has 4 N–H and O–H groups in total. The van der Waals surface area contributed by atoms with Gasteiger partial charge in [0.25, 0.3) is 5.91 Å². The maximum Gasteiger partial charge on any atom is 0.255 e. The zero-order valence-corrected chi connectivity index (χ0v) is 12.8. The van der Waals surface area contributed by atoms with Gasteiger partial charge in [-0.2, -0.15) is 0 Å². The highest BCUT2D eigenvalue weighted by Crippen LogP contribution is 2.32. The number of carbonyl (C=O) groups is 1. The van der Waals surface area contributed by atoms with Crippen molar-refractivity contribution in [2.24, 2.45) is 0 Å². The van der Waals surface area contributed by atoms with Crippen LogP contribution in [0.1, 0.15) is 10.4 Å². The van der Waals surface area contributed by atoms with Gasteiger partial charge in [0, 0.05) is 15.7 Å². The minimum absolute atomic E-state index is 0.0150. The Hall–Kier alpha value is -1.53. The first-order valence-electron chi connectivity index (χ1n) is 5.32. The number of halogens is 2. The van der Waals surface area contributed by atoms with Crippen LogP contribution in [0.25, 0.3) is 0 Å². The Balaban J connectivity index is 2.28. The van der Waals surface area contributed by atoms with Crippen molar-refractivity contribution in [2.75, 3.05) is 11.1 Å². The van der Waals surface area contributed by atoms with E-state index < -0.39 is 0 Å². The highest BCUT2D eigenvalue weighted by molar-refractivity contribution is 9.10. The smallest absolute Gasteiger partial charge is 0.255 e. The highest BCUT2D eigenvalue weighted by atomic mass is 79.9. The lowest BCUT2D eigenvalue weighted by Gasteiger charge is -2.09. The van der Waals surface area contributed by atoms with E-state index in [0.717, 1.165) is 4.47 Å². The molecule has 0 saturated carbocycles. The van der Waals surface area contributed by atoms with Gasteiger partial charge in [-0.1, -0.05) is 22.0 Å². The Kier molecular flexibility index (Phi) is 4.11. The van der Waals surface area contributed by atoms with Crippen molar-refractivity contribution in [3.05, 3.63) is 50.9 Å². The van der Waals surface area contributed by atoms with E-state index in [1.54, 1.807) is 36.4 Å². The van der Waals surface area contributed by atoms with E-state index in [0.29, 0.717) is 21.4 Å². The number of para-hydroxylation sites is 1. The number of carbonyl (C=O) groups excluding carboxylic acids is 1. The van der Waals surface area contributed by atoms with Crippen LogP contribution in [0.3, 0.4) is 0 Å². The van der Waals surface area contributed by atoms with Crippen LogP contribution in [0, 0.1) is 0 Å². The largest absolute Gasteiger partial charge is 0.505 e. The van der Waals surface area contributed by atoms with Crippen LogP contribution in [0.5, 0.6) is 5.75 Å². The Labute approximate surface area is 126 Å². The van der Waals surface area contributed by atoms with Gasteiger partial charge in [0.05, 0.1) is 10.2 Å². The average molecular weight is 386 g/mol. The molecule has 0 radical (unpaired) electrons. The summed E-state index contributed by atoms with van der Waals surface area (Å²) in [5.74, 6) is -0.361. The number of aromatic hydroxyl groups is 1. The van der Waals surface area contributed by atoms with Crippen molar-refractivity contribution >= 4 is 49.1 Å². The zero-order valence-electron chi connectivity index (χ0n) is 9.65. The third-order valence-corrected chi connectivity index (χ3v) is 3.52. The fourth-order valence-electron chi connectivity index (χ4n) is 1.55. The molecular formula is C13H10Br2N2O2. The van der Waals surface area contributed by atoms with E-state index in [-0.39, 0.29) is 11.7 Å². The maximum absolute atomic E-state index is 12.1. The molecule has 0 aliphatic rings. The molecule has 6 heteroatoms. The van der Waals surface area contributed by atoms with Gasteiger partial charge in [0.1, 0.15) is 0 Å². The van der Waals surface area contributed by atoms with Gasteiger partial charge in [-0.15, -0.1) is 0 Å². The van der Waals surface area contributed by atoms with Gasteiger partial charge in [0.2, 0.25) is 0 Å². The van der Waals surface area contributed by atoms with Gasteiger partial charge in [-0.05, 0) is 46.3 Å². The zero-order chi connectivity index (χ0) is 14.0. The molecule has 4 nitrogen and oxygen atoms in total. The van der Waals surface area contributed by atoms with Gasteiger partial charge in [-0.25, -0.2) is 0 Å². The van der Waals surface area contributed by atoms with E-state index in [2.05, 4.69) is 37.2 Å². The van der Waals surface area contributed by atoms with Crippen LogP contribution < -0.4 is 11.1 Å². The Morgan fingerprint density at radius 3 is 2.63 bits per heavy atom. The van der Waals surface area contributed by atoms with Crippen LogP contribution >= 0.6 is 31.9 Å².